The molecule has 3 rings (SSSR count). The van der Waals surface area contributed by atoms with Crippen LogP contribution in [0.4, 0.5) is 0 Å². The van der Waals surface area contributed by atoms with Gasteiger partial charge in [0.05, 0.1) is 0 Å². The summed E-state index contributed by atoms with van der Waals surface area (Å²) < 4.78 is 6.39. The van der Waals surface area contributed by atoms with Crippen LogP contribution in [-0.4, -0.2) is 25.7 Å². The normalized spacial score (nSPS) is 18.0. The smallest absolute Gasteiger partial charge is 0.251 e. The van der Waals surface area contributed by atoms with E-state index in [0.29, 0.717) is 18.0 Å². The van der Waals surface area contributed by atoms with Gasteiger partial charge in [0.25, 0.3) is 5.91 Å². The van der Waals surface area contributed by atoms with Crippen molar-refractivity contribution in [2.24, 2.45) is 5.92 Å². The largest absolute Gasteiger partial charge is 0.381 e. The molecule has 1 fully saturated rings. The average Bonchev–Trinajstić information content (AvgIpc) is 3.00. The number of ether oxygens (including phenoxy) is 1. The maximum absolute atomic E-state index is 12.2. The van der Waals surface area contributed by atoms with Gasteiger partial charge in [-0.2, -0.15) is 0 Å². The van der Waals surface area contributed by atoms with Gasteiger partial charge in [0.15, 0.2) is 0 Å². The summed E-state index contributed by atoms with van der Waals surface area (Å²) in [4.78, 5) is 12.2. The standard InChI is InChI=1S/C17H18BrNO2/c18-16-4-3-13-9-15(2-1-14(13)10-16)17(20)19-7-5-12-6-8-21-11-12/h1-4,9-10,12H,5-8,11H2,(H,19,20). The molecule has 1 aliphatic heterocycles. The zero-order valence-electron chi connectivity index (χ0n) is 11.8. The summed E-state index contributed by atoms with van der Waals surface area (Å²) in [6.07, 6.45) is 2.10. The van der Waals surface area contributed by atoms with Gasteiger partial charge in [-0.05, 0) is 53.8 Å². The Kier molecular flexibility index (Phi) is 4.56. The topological polar surface area (TPSA) is 38.3 Å². The fourth-order valence-corrected chi connectivity index (χ4v) is 3.04. The first kappa shape index (κ1) is 14.5. The van der Waals surface area contributed by atoms with E-state index in [1.807, 2.05) is 30.3 Å². The van der Waals surface area contributed by atoms with Crippen LogP contribution in [-0.2, 0) is 4.74 Å². The van der Waals surface area contributed by atoms with E-state index in [-0.39, 0.29) is 5.91 Å². The Morgan fingerprint density at radius 1 is 1.24 bits per heavy atom. The van der Waals surface area contributed by atoms with Gasteiger partial charge in [0.1, 0.15) is 0 Å². The van der Waals surface area contributed by atoms with Crippen molar-refractivity contribution in [2.75, 3.05) is 19.8 Å². The van der Waals surface area contributed by atoms with Gasteiger partial charge in [0, 0.05) is 29.8 Å². The van der Waals surface area contributed by atoms with E-state index in [1.165, 1.54) is 0 Å². The fourth-order valence-electron chi connectivity index (χ4n) is 2.66. The van der Waals surface area contributed by atoms with Crippen molar-refractivity contribution < 1.29 is 9.53 Å². The Hall–Kier alpha value is -1.39. The quantitative estimate of drug-likeness (QED) is 0.914. The minimum absolute atomic E-state index is 0.00117. The first-order valence-corrected chi connectivity index (χ1v) is 8.07. The zero-order chi connectivity index (χ0) is 14.7. The van der Waals surface area contributed by atoms with Crippen LogP contribution in [0, 0.1) is 5.92 Å². The molecule has 0 saturated carbocycles. The van der Waals surface area contributed by atoms with Crippen molar-refractivity contribution in [3.05, 3.63) is 46.4 Å². The first-order chi connectivity index (χ1) is 10.2. The molecule has 2 aromatic rings. The molecule has 3 nitrogen and oxygen atoms in total. The lowest BCUT2D eigenvalue weighted by Crippen LogP contribution is -2.26. The van der Waals surface area contributed by atoms with Crippen LogP contribution in [0.2, 0.25) is 0 Å². The molecule has 1 amide bonds. The number of hydrogen-bond donors (Lipinski definition) is 1. The first-order valence-electron chi connectivity index (χ1n) is 7.27. The summed E-state index contributed by atoms with van der Waals surface area (Å²) in [5.41, 5.74) is 0.715. The van der Waals surface area contributed by atoms with E-state index in [9.17, 15) is 4.79 Å². The Morgan fingerprint density at radius 3 is 2.86 bits per heavy atom. The van der Waals surface area contributed by atoms with Crippen molar-refractivity contribution in [3.8, 4) is 0 Å². The third kappa shape index (κ3) is 3.63. The molecule has 1 unspecified atom stereocenters. The van der Waals surface area contributed by atoms with Crippen molar-refractivity contribution in [1.82, 2.24) is 5.32 Å². The van der Waals surface area contributed by atoms with Crippen LogP contribution in [0.1, 0.15) is 23.2 Å². The Morgan fingerprint density at radius 2 is 2.05 bits per heavy atom. The molecule has 110 valence electrons. The lowest BCUT2D eigenvalue weighted by Gasteiger charge is -2.09. The van der Waals surface area contributed by atoms with Crippen molar-refractivity contribution in [3.63, 3.8) is 0 Å². The second-order valence-corrected chi connectivity index (χ2v) is 6.40. The van der Waals surface area contributed by atoms with Crippen molar-refractivity contribution in [1.29, 1.82) is 0 Å². The summed E-state index contributed by atoms with van der Waals surface area (Å²) in [6, 6.07) is 11.9. The molecule has 1 atom stereocenters. The molecular weight excluding hydrogens is 330 g/mol. The van der Waals surface area contributed by atoms with Gasteiger partial charge >= 0.3 is 0 Å². The van der Waals surface area contributed by atoms with Crippen molar-refractivity contribution in [2.45, 2.75) is 12.8 Å². The maximum atomic E-state index is 12.2. The molecular formula is C17H18BrNO2. The molecule has 0 bridgehead atoms. The molecule has 1 heterocycles. The van der Waals surface area contributed by atoms with Crippen LogP contribution in [0.15, 0.2) is 40.9 Å². The predicted octanol–water partition coefficient (Wildman–Crippen LogP) is 3.76. The number of fused-ring (bicyclic) bond motifs is 1. The number of benzene rings is 2. The number of nitrogens with one attached hydrogen (secondary N) is 1. The summed E-state index contributed by atoms with van der Waals surface area (Å²) >= 11 is 3.46. The summed E-state index contributed by atoms with van der Waals surface area (Å²) in [5.74, 6) is 0.595. The van der Waals surface area contributed by atoms with Crippen LogP contribution >= 0.6 is 15.9 Å². The van der Waals surface area contributed by atoms with E-state index in [4.69, 9.17) is 4.74 Å². The number of halogens is 1. The van der Waals surface area contributed by atoms with Crippen LogP contribution in [0.25, 0.3) is 10.8 Å². The van der Waals surface area contributed by atoms with Gasteiger partial charge in [-0.3, -0.25) is 4.79 Å². The average molecular weight is 348 g/mol. The minimum Gasteiger partial charge on any atom is -0.381 e. The van der Waals surface area contributed by atoms with Gasteiger partial charge in [-0.1, -0.05) is 28.1 Å². The molecule has 0 aromatic heterocycles. The second kappa shape index (κ2) is 6.58. The monoisotopic (exact) mass is 347 g/mol. The van der Waals surface area contributed by atoms with Crippen LogP contribution < -0.4 is 5.32 Å². The van der Waals surface area contributed by atoms with Gasteiger partial charge in [0.2, 0.25) is 0 Å². The van der Waals surface area contributed by atoms with E-state index in [0.717, 1.165) is 41.3 Å². The second-order valence-electron chi connectivity index (χ2n) is 5.48. The molecule has 2 aromatic carbocycles. The third-order valence-corrected chi connectivity index (χ3v) is 4.42. The number of carbonyl (C=O) groups is 1. The predicted molar refractivity (Wildman–Crippen MR) is 87.5 cm³/mol. The number of carbonyl (C=O) groups excluding carboxylic acids is 1. The molecule has 0 spiro atoms. The molecule has 1 saturated heterocycles. The molecule has 4 heteroatoms. The molecule has 21 heavy (non-hydrogen) atoms. The lowest BCUT2D eigenvalue weighted by molar-refractivity contribution is 0.0950. The SMILES string of the molecule is O=C(NCCC1CCOC1)c1ccc2cc(Br)ccc2c1. The summed E-state index contributed by atoms with van der Waals surface area (Å²) in [6.45, 7) is 2.41. The van der Waals surface area contributed by atoms with Crippen molar-refractivity contribution >= 4 is 32.6 Å². The highest BCUT2D eigenvalue weighted by atomic mass is 79.9. The van der Waals surface area contributed by atoms with E-state index in [2.05, 4.69) is 27.3 Å². The summed E-state index contributed by atoms with van der Waals surface area (Å²) in [5, 5.41) is 5.21. The molecule has 0 aliphatic carbocycles. The number of rotatable bonds is 4. The van der Waals surface area contributed by atoms with Crippen LogP contribution in [0.3, 0.4) is 0 Å². The van der Waals surface area contributed by atoms with E-state index < -0.39 is 0 Å². The highest BCUT2D eigenvalue weighted by molar-refractivity contribution is 9.10. The lowest BCUT2D eigenvalue weighted by atomic mass is 10.0. The molecule has 1 aliphatic rings. The summed E-state index contributed by atoms with van der Waals surface area (Å²) in [7, 11) is 0. The van der Waals surface area contributed by atoms with Gasteiger partial charge in [-0.25, -0.2) is 0 Å². The van der Waals surface area contributed by atoms with Gasteiger partial charge in [-0.15, -0.1) is 0 Å². The Labute approximate surface area is 132 Å². The number of hydrogen-bond acceptors (Lipinski definition) is 2. The minimum atomic E-state index is -0.00117. The highest BCUT2D eigenvalue weighted by Gasteiger charge is 2.15. The fraction of sp³-hybridized carbons (Fsp3) is 0.353. The maximum Gasteiger partial charge on any atom is 0.251 e. The Bertz CT molecular complexity index is 650. The number of amides is 1. The van der Waals surface area contributed by atoms with E-state index in [1.54, 1.807) is 0 Å². The Balaban J connectivity index is 1.62. The van der Waals surface area contributed by atoms with Gasteiger partial charge < -0.3 is 10.1 Å². The highest BCUT2D eigenvalue weighted by Crippen LogP contribution is 2.21. The molecule has 0 radical (unpaired) electrons. The van der Waals surface area contributed by atoms with E-state index >= 15 is 0 Å². The third-order valence-electron chi connectivity index (χ3n) is 3.93. The van der Waals surface area contributed by atoms with Crippen LogP contribution in [0.5, 0.6) is 0 Å². The molecule has 1 N–H and O–H groups in total. The zero-order valence-corrected chi connectivity index (χ0v) is 13.4.